The third kappa shape index (κ3) is 2.51. The summed E-state index contributed by atoms with van der Waals surface area (Å²) >= 11 is 0. The van der Waals surface area contributed by atoms with Crippen molar-refractivity contribution >= 4 is 16.7 Å². The Bertz CT molecular complexity index is 628. The molecule has 2 N–H and O–H groups in total. The molecule has 1 aliphatic rings. The number of hydrogen-bond donors (Lipinski definition) is 2. The second-order valence-corrected chi connectivity index (χ2v) is 5.49. The van der Waals surface area contributed by atoms with E-state index in [1.165, 1.54) is 0 Å². The van der Waals surface area contributed by atoms with Crippen molar-refractivity contribution in [2.45, 2.75) is 31.3 Å². The van der Waals surface area contributed by atoms with Gasteiger partial charge in [0.05, 0.1) is 5.60 Å². The van der Waals surface area contributed by atoms with Crippen molar-refractivity contribution in [2.24, 2.45) is 0 Å². The molecule has 104 valence electrons. The van der Waals surface area contributed by atoms with Crippen LogP contribution in [0.3, 0.4) is 0 Å². The summed E-state index contributed by atoms with van der Waals surface area (Å²) in [7, 11) is 0. The molecule has 1 saturated carbocycles. The highest BCUT2D eigenvalue weighted by Crippen LogP contribution is 2.28. The van der Waals surface area contributed by atoms with Crippen LogP contribution < -0.4 is 5.32 Å². The molecule has 20 heavy (non-hydrogen) atoms. The van der Waals surface area contributed by atoms with Crippen LogP contribution in [0.2, 0.25) is 0 Å². The van der Waals surface area contributed by atoms with Gasteiger partial charge in [0.1, 0.15) is 5.69 Å². The van der Waals surface area contributed by atoms with Gasteiger partial charge in [0.15, 0.2) is 0 Å². The minimum Gasteiger partial charge on any atom is -0.388 e. The Kier molecular flexibility index (Phi) is 3.40. The average molecular weight is 270 g/mol. The largest absolute Gasteiger partial charge is 0.388 e. The summed E-state index contributed by atoms with van der Waals surface area (Å²) in [6.45, 7) is 0.302. The van der Waals surface area contributed by atoms with E-state index in [4.69, 9.17) is 0 Å². The van der Waals surface area contributed by atoms with Crippen LogP contribution >= 0.6 is 0 Å². The SMILES string of the molecule is O=C(NCC1(O)CCCC1)c1nccc2ccccc12. The first kappa shape index (κ1) is 13.1. The summed E-state index contributed by atoms with van der Waals surface area (Å²) in [5, 5.41) is 14.9. The number of carbonyl (C=O) groups excluding carboxylic acids is 1. The first-order chi connectivity index (χ1) is 9.68. The van der Waals surface area contributed by atoms with Crippen molar-refractivity contribution in [3.8, 4) is 0 Å². The van der Waals surface area contributed by atoms with Crippen molar-refractivity contribution < 1.29 is 9.90 Å². The number of nitrogens with zero attached hydrogens (tertiary/aromatic N) is 1. The molecule has 1 amide bonds. The molecule has 1 aliphatic carbocycles. The van der Waals surface area contributed by atoms with Crippen LogP contribution in [0, 0.1) is 0 Å². The zero-order chi connectivity index (χ0) is 14.0. The molecule has 3 rings (SSSR count). The molecular formula is C16H18N2O2. The predicted octanol–water partition coefficient (Wildman–Crippen LogP) is 2.27. The van der Waals surface area contributed by atoms with Gasteiger partial charge < -0.3 is 10.4 Å². The second-order valence-electron chi connectivity index (χ2n) is 5.49. The van der Waals surface area contributed by atoms with Gasteiger partial charge in [-0.15, -0.1) is 0 Å². The molecule has 4 nitrogen and oxygen atoms in total. The van der Waals surface area contributed by atoms with Gasteiger partial charge in [-0.25, -0.2) is 0 Å². The van der Waals surface area contributed by atoms with Crippen LogP contribution in [-0.4, -0.2) is 28.1 Å². The fourth-order valence-corrected chi connectivity index (χ4v) is 2.84. The van der Waals surface area contributed by atoms with E-state index in [0.29, 0.717) is 12.2 Å². The highest BCUT2D eigenvalue weighted by atomic mass is 16.3. The van der Waals surface area contributed by atoms with Crippen molar-refractivity contribution in [3.05, 3.63) is 42.2 Å². The van der Waals surface area contributed by atoms with Crippen LogP contribution in [0.25, 0.3) is 10.8 Å². The van der Waals surface area contributed by atoms with E-state index in [1.54, 1.807) is 6.20 Å². The molecule has 4 heteroatoms. The third-order valence-corrected chi connectivity index (χ3v) is 4.00. The molecule has 1 heterocycles. The molecule has 0 atom stereocenters. The van der Waals surface area contributed by atoms with Gasteiger partial charge in [-0.2, -0.15) is 0 Å². The van der Waals surface area contributed by atoms with Gasteiger partial charge in [-0.1, -0.05) is 37.1 Å². The molecule has 0 spiro atoms. The van der Waals surface area contributed by atoms with E-state index < -0.39 is 5.60 Å². The van der Waals surface area contributed by atoms with Crippen molar-refractivity contribution in [1.82, 2.24) is 10.3 Å². The summed E-state index contributed by atoms with van der Waals surface area (Å²) in [5.41, 5.74) is -0.315. The lowest BCUT2D eigenvalue weighted by Gasteiger charge is -2.22. The van der Waals surface area contributed by atoms with Crippen LogP contribution in [-0.2, 0) is 0 Å². The Labute approximate surface area is 117 Å². The maximum Gasteiger partial charge on any atom is 0.270 e. The van der Waals surface area contributed by atoms with Crippen molar-refractivity contribution in [3.63, 3.8) is 0 Å². The Hall–Kier alpha value is -1.94. The highest BCUT2D eigenvalue weighted by molar-refractivity contribution is 6.05. The fourth-order valence-electron chi connectivity index (χ4n) is 2.84. The zero-order valence-electron chi connectivity index (χ0n) is 11.3. The number of fused-ring (bicyclic) bond motifs is 1. The number of pyridine rings is 1. The van der Waals surface area contributed by atoms with Crippen molar-refractivity contribution in [1.29, 1.82) is 0 Å². The molecule has 2 aromatic rings. The number of carbonyl (C=O) groups is 1. The second kappa shape index (κ2) is 5.21. The van der Waals surface area contributed by atoms with Crippen LogP contribution in [0.1, 0.15) is 36.2 Å². The van der Waals surface area contributed by atoms with E-state index in [2.05, 4.69) is 10.3 Å². The van der Waals surface area contributed by atoms with E-state index in [1.807, 2.05) is 30.3 Å². The number of amides is 1. The summed E-state index contributed by atoms with van der Waals surface area (Å²) in [6.07, 6.45) is 5.21. The monoisotopic (exact) mass is 270 g/mol. The number of benzene rings is 1. The van der Waals surface area contributed by atoms with Crippen LogP contribution in [0.15, 0.2) is 36.5 Å². The molecule has 0 aliphatic heterocycles. The van der Waals surface area contributed by atoms with Gasteiger partial charge in [0.2, 0.25) is 0 Å². The number of nitrogens with one attached hydrogen (secondary N) is 1. The van der Waals surface area contributed by atoms with Gasteiger partial charge in [-0.3, -0.25) is 9.78 Å². The van der Waals surface area contributed by atoms with E-state index in [-0.39, 0.29) is 5.91 Å². The summed E-state index contributed by atoms with van der Waals surface area (Å²) in [6, 6.07) is 9.56. The highest BCUT2D eigenvalue weighted by Gasteiger charge is 2.31. The Morgan fingerprint density at radius 3 is 2.80 bits per heavy atom. The maximum absolute atomic E-state index is 12.3. The van der Waals surface area contributed by atoms with Gasteiger partial charge in [-0.05, 0) is 24.3 Å². The van der Waals surface area contributed by atoms with Crippen LogP contribution in [0.5, 0.6) is 0 Å². The topological polar surface area (TPSA) is 62.2 Å². The Morgan fingerprint density at radius 2 is 2.00 bits per heavy atom. The predicted molar refractivity (Wildman–Crippen MR) is 77.5 cm³/mol. The van der Waals surface area contributed by atoms with E-state index in [0.717, 1.165) is 36.5 Å². The lowest BCUT2D eigenvalue weighted by atomic mass is 10.0. The van der Waals surface area contributed by atoms with Crippen LogP contribution in [0.4, 0.5) is 0 Å². The smallest absolute Gasteiger partial charge is 0.270 e. The normalized spacial score (nSPS) is 17.2. The Morgan fingerprint density at radius 1 is 1.25 bits per heavy atom. The standard InChI is InChI=1S/C16H18N2O2/c19-15(18-11-16(20)8-3-4-9-16)14-13-6-2-1-5-12(13)7-10-17-14/h1-2,5-7,10,20H,3-4,8-9,11H2,(H,18,19). The number of rotatable bonds is 3. The first-order valence-electron chi connectivity index (χ1n) is 7.02. The maximum atomic E-state index is 12.3. The third-order valence-electron chi connectivity index (χ3n) is 4.00. The number of hydrogen-bond acceptors (Lipinski definition) is 3. The molecule has 0 saturated heterocycles. The minimum absolute atomic E-state index is 0.220. The van der Waals surface area contributed by atoms with Gasteiger partial charge >= 0.3 is 0 Å². The van der Waals surface area contributed by atoms with E-state index >= 15 is 0 Å². The molecule has 1 aromatic heterocycles. The summed E-state index contributed by atoms with van der Waals surface area (Å²) < 4.78 is 0. The van der Waals surface area contributed by atoms with Crippen molar-refractivity contribution in [2.75, 3.05) is 6.54 Å². The van der Waals surface area contributed by atoms with E-state index in [9.17, 15) is 9.90 Å². The number of aliphatic hydroxyl groups is 1. The molecule has 0 bridgehead atoms. The fraction of sp³-hybridized carbons (Fsp3) is 0.375. The molecule has 1 fully saturated rings. The van der Waals surface area contributed by atoms with Gasteiger partial charge in [0, 0.05) is 18.1 Å². The average Bonchev–Trinajstić information content (AvgIpc) is 2.91. The quantitative estimate of drug-likeness (QED) is 0.899. The molecule has 0 unspecified atom stereocenters. The summed E-state index contributed by atoms with van der Waals surface area (Å²) in [5.74, 6) is -0.220. The molecule has 0 radical (unpaired) electrons. The lowest BCUT2D eigenvalue weighted by molar-refractivity contribution is 0.0449. The van der Waals surface area contributed by atoms with Gasteiger partial charge in [0.25, 0.3) is 5.91 Å². The Balaban J connectivity index is 1.79. The minimum atomic E-state index is -0.736. The zero-order valence-corrected chi connectivity index (χ0v) is 11.3. The lowest BCUT2D eigenvalue weighted by Crippen LogP contribution is -2.41. The molecule has 1 aromatic carbocycles. The summed E-state index contributed by atoms with van der Waals surface area (Å²) in [4.78, 5) is 16.5. The first-order valence-corrected chi connectivity index (χ1v) is 7.02. The number of aromatic nitrogens is 1. The molecular weight excluding hydrogens is 252 g/mol.